The molecule has 0 aliphatic rings. The lowest BCUT2D eigenvalue weighted by atomic mass is 10.1. The second kappa shape index (κ2) is 6.44. The van der Waals surface area contributed by atoms with Gasteiger partial charge >= 0.3 is 0 Å². The van der Waals surface area contributed by atoms with E-state index in [1.807, 2.05) is 5.43 Å². The first-order chi connectivity index (χ1) is 8.86. The summed E-state index contributed by atoms with van der Waals surface area (Å²) in [5.41, 5.74) is 1.30. The number of nitrogen functional groups attached to an aromatic ring is 1. The van der Waals surface area contributed by atoms with Gasteiger partial charge in [0.05, 0.1) is 6.10 Å². The van der Waals surface area contributed by atoms with E-state index in [0.29, 0.717) is 6.42 Å². The molecule has 0 fully saturated rings. The highest BCUT2D eigenvalue weighted by Crippen LogP contribution is 2.20. The Hall–Kier alpha value is -1.73. The maximum atomic E-state index is 13.5. The highest BCUT2D eigenvalue weighted by Gasteiger charge is 2.17. The third kappa shape index (κ3) is 3.87. The molecule has 1 rings (SSSR count). The van der Waals surface area contributed by atoms with Crippen molar-refractivity contribution in [2.75, 3.05) is 19.0 Å². The van der Waals surface area contributed by atoms with Gasteiger partial charge in [-0.3, -0.25) is 10.6 Å². The SMILES string of the molecule is CC(O)CCN(C)C(=O)c1cc(F)c(NN)c(F)c1. The normalized spacial score (nSPS) is 12.1. The minimum Gasteiger partial charge on any atom is -0.393 e. The Bertz CT molecular complexity index is 443. The van der Waals surface area contributed by atoms with Gasteiger partial charge in [0.1, 0.15) is 5.69 Å². The zero-order valence-electron chi connectivity index (χ0n) is 10.8. The molecule has 0 bridgehead atoms. The number of nitrogens with zero attached hydrogens (tertiary/aromatic N) is 1. The van der Waals surface area contributed by atoms with E-state index >= 15 is 0 Å². The van der Waals surface area contributed by atoms with Crippen LogP contribution in [-0.2, 0) is 0 Å². The third-order valence-electron chi connectivity index (χ3n) is 2.66. The molecule has 1 aromatic rings. The lowest BCUT2D eigenvalue weighted by Gasteiger charge is -2.18. The summed E-state index contributed by atoms with van der Waals surface area (Å²) in [6.07, 6.45) is -0.164. The van der Waals surface area contributed by atoms with Gasteiger partial charge in [-0.05, 0) is 25.5 Å². The van der Waals surface area contributed by atoms with Crippen molar-refractivity contribution in [3.63, 3.8) is 0 Å². The van der Waals surface area contributed by atoms with Crippen LogP contribution in [0.1, 0.15) is 23.7 Å². The molecule has 0 aliphatic carbocycles. The third-order valence-corrected chi connectivity index (χ3v) is 2.66. The number of hydrazine groups is 1. The lowest BCUT2D eigenvalue weighted by molar-refractivity contribution is 0.0768. The lowest BCUT2D eigenvalue weighted by Crippen LogP contribution is -2.29. The average molecular weight is 273 g/mol. The second-order valence-corrected chi connectivity index (χ2v) is 4.32. The van der Waals surface area contributed by atoms with Gasteiger partial charge in [0.2, 0.25) is 0 Å². The molecule has 5 nitrogen and oxygen atoms in total. The summed E-state index contributed by atoms with van der Waals surface area (Å²) in [4.78, 5) is 13.2. The van der Waals surface area contributed by atoms with Gasteiger partial charge in [-0.1, -0.05) is 0 Å². The number of amides is 1. The minimum absolute atomic E-state index is 0.109. The smallest absolute Gasteiger partial charge is 0.253 e. The second-order valence-electron chi connectivity index (χ2n) is 4.32. The fourth-order valence-corrected chi connectivity index (χ4v) is 1.54. The molecule has 4 N–H and O–H groups in total. The first-order valence-electron chi connectivity index (χ1n) is 5.76. The number of nitrogens with two attached hydrogens (primary N) is 1. The van der Waals surface area contributed by atoms with Crippen molar-refractivity contribution in [2.24, 2.45) is 5.84 Å². The molecule has 0 aromatic heterocycles. The molecule has 7 heteroatoms. The van der Waals surface area contributed by atoms with Crippen LogP contribution in [0.2, 0.25) is 0 Å². The van der Waals surface area contributed by atoms with Crippen molar-refractivity contribution < 1.29 is 18.7 Å². The molecule has 1 unspecified atom stereocenters. The Morgan fingerprint density at radius 3 is 2.42 bits per heavy atom. The highest BCUT2D eigenvalue weighted by atomic mass is 19.1. The topological polar surface area (TPSA) is 78.6 Å². The van der Waals surface area contributed by atoms with Crippen LogP contribution in [0.15, 0.2) is 12.1 Å². The van der Waals surface area contributed by atoms with Gasteiger partial charge in [0.25, 0.3) is 5.91 Å². The van der Waals surface area contributed by atoms with E-state index < -0.39 is 29.3 Å². The monoisotopic (exact) mass is 273 g/mol. The van der Waals surface area contributed by atoms with Crippen molar-refractivity contribution >= 4 is 11.6 Å². The summed E-state index contributed by atoms with van der Waals surface area (Å²) in [6.45, 7) is 1.88. The number of carbonyl (C=O) groups excluding carboxylic acids is 1. The minimum atomic E-state index is -0.935. The first kappa shape index (κ1) is 15.3. The number of rotatable bonds is 5. The number of hydrogen-bond acceptors (Lipinski definition) is 4. The van der Waals surface area contributed by atoms with Crippen molar-refractivity contribution in [2.45, 2.75) is 19.4 Å². The summed E-state index contributed by atoms with van der Waals surface area (Å²) in [5.74, 6) is 2.57. The molecule has 0 radical (unpaired) electrons. The number of anilines is 1. The number of carbonyl (C=O) groups is 1. The van der Waals surface area contributed by atoms with Crippen LogP contribution >= 0.6 is 0 Å². The van der Waals surface area contributed by atoms with Gasteiger partial charge in [-0.2, -0.15) is 0 Å². The van der Waals surface area contributed by atoms with Crippen LogP contribution in [0.25, 0.3) is 0 Å². The maximum Gasteiger partial charge on any atom is 0.253 e. The van der Waals surface area contributed by atoms with E-state index in [1.165, 1.54) is 11.9 Å². The molecular weight excluding hydrogens is 256 g/mol. The molecule has 1 atom stereocenters. The Labute approximate surface area is 110 Å². The summed E-state index contributed by atoms with van der Waals surface area (Å²) < 4.78 is 26.9. The summed E-state index contributed by atoms with van der Waals surface area (Å²) in [5, 5.41) is 9.13. The first-order valence-corrected chi connectivity index (χ1v) is 5.76. The van der Waals surface area contributed by atoms with E-state index in [4.69, 9.17) is 10.9 Å². The van der Waals surface area contributed by atoms with E-state index in [9.17, 15) is 13.6 Å². The average Bonchev–Trinajstić information content (AvgIpc) is 2.34. The van der Waals surface area contributed by atoms with Gasteiger partial charge in [-0.15, -0.1) is 0 Å². The largest absolute Gasteiger partial charge is 0.393 e. The van der Waals surface area contributed by atoms with Crippen molar-refractivity contribution in [1.82, 2.24) is 4.90 Å². The number of hydrogen-bond donors (Lipinski definition) is 3. The zero-order valence-corrected chi connectivity index (χ0v) is 10.8. The predicted octanol–water partition coefficient (Wildman–Crippen LogP) is 1.09. The standard InChI is InChI=1S/C12H17F2N3O2/c1-7(18)3-4-17(2)12(19)8-5-9(13)11(16-15)10(14)6-8/h5-7,16,18H,3-4,15H2,1-2H3. The van der Waals surface area contributed by atoms with Crippen LogP contribution in [0, 0.1) is 11.6 Å². The summed E-state index contributed by atoms with van der Waals surface area (Å²) >= 11 is 0. The number of nitrogens with one attached hydrogen (secondary N) is 1. The fraction of sp³-hybridized carbons (Fsp3) is 0.417. The van der Waals surface area contributed by atoms with E-state index in [2.05, 4.69) is 0 Å². The van der Waals surface area contributed by atoms with E-state index in [1.54, 1.807) is 6.92 Å². The van der Waals surface area contributed by atoms with E-state index in [-0.39, 0.29) is 12.1 Å². The van der Waals surface area contributed by atoms with Crippen LogP contribution in [0.3, 0.4) is 0 Å². The highest BCUT2D eigenvalue weighted by molar-refractivity contribution is 5.94. The maximum absolute atomic E-state index is 13.5. The number of aliphatic hydroxyl groups is 1. The van der Waals surface area contributed by atoms with Gasteiger partial charge in [0, 0.05) is 19.2 Å². The van der Waals surface area contributed by atoms with Crippen molar-refractivity contribution in [3.05, 3.63) is 29.3 Å². The van der Waals surface area contributed by atoms with Crippen LogP contribution in [-0.4, -0.2) is 35.6 Å². The Morgan fingerprint density at radius 2 is 2.00 bits per heavy atom. The Kier molecular flexibility index (Phi) is 5.20. The van der Waals surface area contributed by atoms with Crippen LogP contribution in [0.5, 0.6) is 0 Å². The molecule has 0 saturated heterocycles. The summed E-state index contributed by atoms with van der Waals surface area (Å²) in [7, 11) is 1.50. The number of halogens is 2. The quantitative estimate of drug-likeness (QED) is 0.554. The Balaban J connectivity index is 2.88. The fourth-order valence-electron chi connectivity index (χ4n) is 1.54. The molecule has 19 heavy (non-hydrogen) atoms. The molecule has 0 saturated carbocycles. The van der Waals surface area contributed by atoms with Gasteiger partial charge < -0.3 is 15.4 Å². The molecular formula is C12H17F2N3O2. The van der Waals surface area contributed by atoms with Gasteiger partial charge in [0.15, 0.2) is 11.6 Å². The summed E-state index contributed by atoms with van der Waals surface area (Å²) in [6, 6.07) is 1.83. The number of aliphatic hydroxyl groups excluding tert-OH is 1. The van der Waals surface area contributed by atoms with Crippen LogP contribution < -0.4 is 11.3 Å². The zero-order chi connectivity index (χ0) is 14.6. The van der Waals surface area contributed by atoms with Crippen LogP contribution in [0.4, 0.5) is 14.5 Å². The number of benzene rings is 1. The Morgan fingerprint density at radius 1 is 1.47 bits per heavy atom. The van der Waals surface area contributed by atoms with Crippen molar-refractivity contribution in [1.29, 1.82) is 0 Å². The predicted molar refractivity (Wildman–Crippen MR) is 67.4 cm³/mol. The molecule has 0 aliphatic heterocycles. The molecule has 0 spiro atoms. The van der Waals surface area contributed by atoms with Crippen molar-refractivity contribution in [3.8, 4) is 0 Å². The molecule has 1 aromatic carbocycles. The molecule has 0 heterocycles. The molecule has 1 amide bonds. The molecule has 106 valence electrons. The van der Waals surface area contributed by atoms with E-state index in [0.717, 1.165) is 12.1 Å². The van der Waals surface area contributed by atoms with Gasteiger partial charge in [-0.25, -0.2) is 8.78 Å².